The van der Waals surface area contributed by atoms with Gasteiger partial charge in [0.2, 0.25) is 0 Å². The van der Waals surface area contributed by atoms with E-state index in [0.717, 1.165) is 12.6 Å². The van der Waals surface area contributed by atoms with Crippen LogP contribution >= 0.6 is 22.9 Å². The van der Waals surface area contributed by atoms with Gasteiger partial charge >= 0.3 is 0 Å². The van der Waals surface area contributed by atoms with Crippen molar-refractivity contribution in [1.82, 2.24) is 15.2 Å². The molecule has 0 saturated heterocycles. The van der Waals surface area contributed by atoms with E-state index in [1.165, 1.54) is 30.6 Å². The van der Waals surface area contributed by atoms with Gasteiger partial charge in [0.15, 0.2) is 4.47 Å². The molecule has 1 aromatic rings. The molecule has 2 rings (SSSR count). The number of hydrogen-bond acceptors (Lipinski definition) is 4. The first-order valence-electron chi connectivity index (χ1n) is 6.16. The van der Waals surface area contributed by atoms with Crippen LogP contribution in [0.3, 0.4) is 0 Å². The van der Waals surface area contributed by atoms with Gasteiger partial charge in [0.25, 0.3) is 0 Å². The second kappa shape index (κ2) is 6.14. The summed E-state index contributed by atoms with van der Waals surface area (Å²) in [4.78, 5) is 7.79. The molecule has 0 radical (unpaired) electrons. The molecule has 17 heavy (non-hydrogen) atoms. The first kappa shape index (κ1) is 13.3. The van der Waals surface area contributed by atoms with E-state index in [1.54, 1.807) is 11.3 Å². The van der Waals surface area contributed by atoms with Gasteiger partial charge in [0.1, 0.15) is 0 Å². The molecule has 1 aliphatic rings. The average Bonchev–Trinajstić information content (AvgIpc) is 2.75. The van der Waals surface area contributed by atoms with Crippen LogP contribution in [0.2, 0.25) is 4.47 Å². The summed E-state index contributed by atoms with van der Waals surface area (Å²) < 4.78 is 0.646. The summed E-state index contributed by atoms with van der Waals surface area (Å²) >= 11 is 7.43. The Balaban J connectivity index is 1.82. The number of aromatic nitrogens is 1. The Bertz CT molecular complexity index is 347. The van der Waals surface area contributed by atoms with E-state index in [0.29, 0.717) is 10.5 Å². The smallest absolute Gasteiger partial charge is 0.183 e. The number of hydrogen-bond donors (Lipinski definition) is 1. The van der Waals surface area contributed by atoms with Crippen molar-refractivity contribution in [3.63, 3.8) is 0 Å². The molecule has 0 aromatic carbocycles. The molecule has 1 aliphatic carbocycles. The predicted octanol–water partition coefficient (Wildman–Crippen LogP) is 2.76. The van der Waals surface area contributed by atoms with E-state index in [-0.39, 0.29) is 0 Å². The zero-order chi connectivity index (χ0) is 12.3. The standard InChI is InChI=1S/C12H20ClN3S/c1-14-9-3-5-10(6-4-9)16(2)8-11-7-15-12(13)17-11/h7,9-10,14H,3-6,8H2,1-2H3. The molecule has 0 amide bonds. The molecule has 0 bridgehead atoms. The molecule has 0 aliphatic heterocycles. The molecule has 5 heteroatoms. The SMILES string of the molecule is CNC1CCC(N(C)Cc2cnc(Cl)s2)CC1. The van der Waals surface area contributed by atoms with Gasteiger partial charge in [-0.1, -0.05) is 11.6 Å². The summed E-state index contributed by atoms with van der Waals surface area (Å²) in [6.07, 6.45) is 7.04. The van der Waals surface area contributed by atoms with Crippen molar-refractivity contribution in [2.45, 2.75) is 44.3 Å². The Labute approximate surface area is 112 Å². The van der Waals surface area contributed by atoms with Gasteiger partial charge in [-0.3, -0.25) is 4.90 Å². The quantitative estimate of drug-likeness (QED) is 0.914. The van der Waals surface area contributed by atoms with E-state index in [4.69, 9.17) is 11.6 Å². The zero-order valence-corrected chi connectivity index (χ0v) is 12.0. The van der Waals surface area contributed by atoms with Crippen LogP contribution in [0.5, 0.6) is 0 Å². The lowest BCUT2D eigenvalue weighted by Crippen LogP contribution is -2.39. The van der Waals surface area contributed by atoms with E-state index in [9.17, 15) is 0 Å². The predicted molar refractivity (Wildman–Crippen MR) is 73.7 cm³/mol. The van der Waals surface area contributed by atoms with Gasteiger partial charge < -0.3 is 5.32 Å². The minimum atomic E-state index is 0.646. The molecular weight excluding hydrogens is 254 g/mol. The van der Waals surface area contributed by atoms with Crippen LogP contribution in [0.4, 0.5) is 0 Å². The molecule has 0 spiro atoms. The normalized spacial score (nSPS) is 25.4. The molecule has 3 nitrogen and oxygen atoms in total. The minimum absolute atomic E-state index is 0.646. The largest absolute Gasteiger partial charge is 0.317 e. The van der Waals surface area contributed by atoms with Crippen molar-refractivity contribution in [3.8, 4) is 0 Å². The lowest BCUT2D eigenvalue weighted by molar-refractivity contribution is 0.171. The van der Waals surface area contributed by atoms with Crippen molar-refractivity contribution in [1.29, 1.82) is 0 Å². The van der Waals surface area contributed by atoms with Crippen LogP contribution in [0, 0.1) is 0 Å². The second-order valence-electron chi connectivity index (χ2n) is 4.79. The molecule has 1 saturated carbocycles. The van der Waals surface area contributed by atoms with Crippen LogP contribution < -0.4 is 5.32 Å². The molecule has 1 aromatic heterocycles. The molecule has 1 fully saturated rings. The highest BCUT2D eigenvalue weighted by molar-refractivity contribution is 7.15. The van der Waals surface area contributed by atoms with Gasteiger partial charge in [-0.2, -0.15) is 0 Å². The Hall–Kier alpha value is -0.160. The van der Waals surface area contributed by atoms with E-state index < -0.39 is 0 Å². The fourth-order valence-corrected chi connectivity index (χ4v) is 3.58. The van der Waals surface area contributed by atoms with Crippen LogP contribution in [-0.2, 0) is 6.54 Å². The monoisotopic (exact) mass is 273 g/mol. The zero-order valence-electron chi connectivity index (χ0n) is 10.4. The summed E-state index contributed by atoms with van der Waals surface area (Å²) in [7, 11) is 4.27. The fraction of sp³-hybridized carbons (Fsp3) is 0.750. The molecular formula is C12H20ClN3S. The summed E-state index contributed by atoms with van der Waals surface area (Å²) in [5.41, 5.74) is 0. The Morgan fingerprint density at radius 3 is 2.71 bits per heavy atom. The number of nitrogens with one attached hydrogen (secondary N) is 1. The Morgan fingerprint density at radius 2 is 2.18 bits per heavy atom. The van der Waals surface area contributed by atoms with Crippen LogP contribution in [0.25, 0.3) is 0 Å². The Kier molecular flexibility index (Phi) is 4.79. The molecule has 1 N–H and O–H groups in total. The third-order valence-electron chi connectivity index (χ3n) is 3.66. The van der Waals surface area contributed by atoms with Crippen LogP contribution in [-0.4, -0.2) is 36.1 Å². The summed E-state index contributed by atoms with van der Waals surface area (Å²) in [6.45, 7) is 0.972. The maximum absolute atomic E-state index is 5.85. The first-order chi connectivity index (χ1) is 8.19. The maximum Gasteiger partial charge on any atom is 0.183 e. The van der Waals surface area contributed by atoms with Crippen molar-refractivity contribution in [3.05, 3.63) is 15.5 Å². The van der Waals surface area contributed by atoms with Crippen LogP contribution in [0.1, 0.15) is 30.6 Å². The fourth-order valence-electron chi connectivity index (χ4n) is 2.54. The number of thiazole rings is 1. The average molecular weight is 274 g/mol. The van der Waals surface area contributed by atoms with E-state index in [1.807, 2.05) is 6.20 Å². The second-order valence-corrected chi connectivity index (χ2v) is 6.49. The van der Waals surface area contributed by atoms with Gasteiger partial charge in [0.05, 0.1) is 0 Å². The number of rotatable bonds is 4. The summed E-state index contributed by atoms with van der Waals surface area (Å²) in [5, 5.41) is 3.37. The Morgan fingerprint density at radius 1 is 1.47 bits per heavy atom. The van der Waals surface area contributed by atoms with Crippen molar-refractivity contribution in [2.24, 2.45) is 0 Å². The molecule has 1 heterocycles. The topological polar surface area (TPSA) is 28.2 Å². The first-order valence-corrected chi connectivity index (χ1v) is 7.36. The van der Waals surface area contributed by atoms with Crippen molar-refractivity contribution >= 4 is 22.9 Å². The van der Waals surface area contributed by atoms with Gasteiger partial charge in [-0.05, 0) is 39.8 Å². The van der Waals surface area contributed by atoms with Gasteiger partial charge in [-0.25, -0.2) is 4.98 Å². The lowest BCUT2D eigenvalue weighted by atomic mass is 9.90. The van der Waals surface area contributed by atoms with Crippen molar-refractivity contribution in [2.75, 3.05) is 14.1 Å². The summed E-state index contributed by atoms with van der Waals surface area (Å²) in [5.74, 6) is 0. The van der Waals surface area contributed by atoms with Gasteiger partial charge in [-0.15, -0.1) is 11.3 Å². The lowest BCUT2D eigenvalue weighted by Gasteiger charge is -2.34. The third kappa shape index (κ3) is 3.65. The number of nitrogens with zero attached hydrogens (tertiary/aromatic N) is 2. The maximum atomic E-state index is 5.85. The van der Waals surface area contributed by atoms with Crippen molar-refractivity contribution < 1.29 is 0 Å². The highest BCUT2D eigenvalue weighted by Gasteiger charge is 2.23. The van der Waals surface area contributed by atoms with E-state index >= 15 is 0 Å². The van der Waals surface area contributed by atoms with Crippen LogP contribution in [0.15, 0.2) is 6.20 Å². The summed E-state index contributed by atoms with van der Waals surface area (Å²) in [6, 6.07) is 1.43. The molecule has 96 valence electrons. The third-order valence-corrected chi connectivity index (χ3v) is 4.76. The van der Waals surface area contributed by atoms with Gasteiger partial charge in [0, 0.05) is 29.7 Å². The highest BCUT2D eigenvalue weighted by Crippen LogP contribution is 2.25. The minimum Gasteiger partial charge on any atom is -0.317 e. The molecule has 0 unspecified atom stereocenters. The highest BCUT2D eigenvalue weighted by atomic mass is 35.5. The van der Waals surface area contributed by atoms with E-state index in [2.05, 4.69) is 29.3 Å². The number of halogens is 1. The molecule has 0 atom stereocenters.